The van der Waals surface area contributed by atoms with Gasteiger partial charge in [-0.05, 0) is 49.7 Å². The van der Waals surface area contributed by atoms with Crippen LogP contribution in [0.15, 0.2) is 48.5 Å². The van der Waals surface area contributed by atoms with Crippen LogP contribution >= 0.6 is 0 Å². The summed E-state index contributed by atoms with van der Waals surface area (Å²) in [5.74, 6) is -0.537. The molecule has 5 nitrogen and oxygen atoms in total. The van der Waals surface area contributed by atoms with Gasteiger partial charge in [0.2, 0.25) is 0 Å². The molecule has 136 valence electrons. The van der Waals surface area contributed by atoms with Crippen LogP contribution in [0.4, 0.5) is 0 Å². The molecule has 2 aromatic carbocycles. The molecule has 1 unspecified atom stereocenters. The number of benzene rings is 2. The minimum absolute atomic E-state index is 0.0259. The lowest BCUT2D eigenvalue weighted by Crippen LogP contribution is -2.31. The van der Waals surface area contributed by atoms with Gasteiger partial charge in [0.1, 0.15) is 0 Å². The van der Waals surface area contributed by atoms with E-state index < -0.39 is 5.97 Å². The number of carboxylic acids is 1. The van der Waals surface area contributed by atoms with Gasteiger partial charge in [-0.15, -0.1) is 0 Å². The third kappa shape index (κ3) is 3.78. The SMILES string of the molecule is CN(C)CC1CCN(C(=O)c2ccccc2-c2ccccc2C(=O)O)C1. The lowest BCUT2D eigenvalue weighted by atomic mass is 9.95. The molecule has 5 heteroatoms. The van der Waals surface area contributed by atoms with Crippen molar-refractivity contribution in [2.45, 2.75) is 6.42 Å². The predicted octanol–water partition coefficient (Wildman–Crippen LogP) is 3.08. The molecule has 2 aromatic rings. The van der Waals surface area contributed by atoms with Crippen molar-refractivity contribution in [2.24, 2.45) is 5.92 Å². The number of nitrogens with zero attached hydrogens (tertiary/aromatic N) is 2. The van der Waals surface area contributed by atoms with Crippen LogP contribution in [0.5, 0.6) is 0 Å². The third-order valence-corrected chi connectivity index (χ3v) is 4.80. The Kier molecular flexibility index (Phi) is 5.38. The second-order valence-electron chi connectivity index (χ2n) is 7.06. The molecule has 1 amide bonds. The van der Waals surface area contributed by atoms with Gasteiger partial charge >= 0.3 is 5.97 Å². The fraction of sp³-hybridized carbons (Fsp3) is 0.333. The second-order valence-corrected chi connectivity index (χ2v) is 7.06. The highest BCUT2D eigenvalue weighted by atomic mass is 16.4. The zero-order chi connectivity index (χ0) is 18.7. The fourth-order valence-electron chi connectivity index (χ4n) is 3.66. The van der Waals surface area contributed by atoms with Gasteiger partial charge in [0.25, 0.3) is 5.91 Å². The van der Waals surface area contributed by atoms with Gasteiger partial charge in [-0.1, -0.05) is 36.4 Å². The van der Waals surface area contributed by atoms with Crippen molar-refractivity contribution in [1.82, 2.24) is 9.80 Å². The number of likely N-dealkylation sites (tertiary alicyclic amines) is 1. The van der Waals surface area contributed by atoms with Crippen LogP contribution in [0, 0.1) is 5.92 Å². The van der Waals surface area contributed by atoms with Gasteiger partial charge in [0, 0.05) is 25.2 Å². The zero-order valence-electron chi connectivity index (χ0n) is 15.2. The standard InChI is InChI=1S/C21H24N2O3/c1-22(2)13-15-11-12-23(14-15)20(24)18-9-5-3-7-16(18)17-8-4-6-10-19(17)21(25)26/h3-10,15H,11-14H2,1-2H3,(H,25,26). The van der Waals surface area contributed by atoms with Crippen molar-refractivity contribution in [3.63, 3.8) is 0 Å². The first kappa shape index (κ1) is 18.1. The van der Waals surface area contributed by atoms with E-state index in [0.29, 0.717) is 22.6 Å². The van der Waals surface area contributed by atoms with Crippen LogP contribution in [0.1, 0.15) is 27.1 Å². The van der Waals surface area contributed by atoms with Crippen LogP contribution in [-0.4, -0.2) is 60.5 Å². The average molecular weight is 352 g/mol. The minimum atomic E-state index is -0.991. The number of carbonyl (C=O) groups excluding carboxylic acids is 1. The van der Waals surface area contributed by atoms with Crippen LogP contribution < -0.4 is 0 Å². The van der Waals surface area contributed by atoms with E-state index in [1.165, 1.54) is 0 Å². The molecule has 0 radical (unpaired) electrons. The van der Waals surface area contributed by atoms with E-state index in [1.54, 1.807) is 30.3 Å². The number of hydrogen-bond donors (Lipinski definition) is 1. The van der Waals surface area contributed by atoms with Gasteiger partial charge in [0.15, 0.2) is 0 Å². The molecular formula is C21H24N2O3. The summed E-state index contributed by atoms with van der Waals surface area (Å²) in [6.07, 6.45) is 0.998. The highest BCUT2D eigenvalue weighted by molar-refractivity contribution is 6.04. The Morgan fingerprint density at radius 1 is 1.04 bits per heavy atom. The number of amides is 1. The first-order chi connectivity index (χ1) is 12.5. The smallest absolute Gasteiger partial charge is 0.336 e. The van der Waals surface area contributed by atoms with Gasteiger partial charge in [-0.3, -0.25) is 4.79 Å². The van der Waals surface area contributed by atoms with Crippen molar-refractivity contribution in [3.05, 3.63) is 59.7 Å². The van der Waals surface area contributed by atoms with Gasteiger partial charge in [0.05, 0.1) is 5.56 Å². The topological polar surface area (TPSA) is 60.9 Å². The van der Waals surface area contributed by atoms with Gasteiger partial charge < -0.3 is 14.9 Å². The number of aromatic carboxylic acids is 1. The Labute approximate surface area is 153 Å². The normalized spacial score (nSPS) is 16.9. The molecule has 1 fully saturated rings. The second kappa shape index (κ2) is 7.70. The molecule has 1 heterocycles. The molecule has 0 saturated carbocycles. The molecule has 1 aliphatic heterocycles. The summed E-state index contributed by atoms with van der Waals surface area (Å²) in [7, 11) is 4.09. The minimum Gasteiger partial charge on any atom is -0.478 e. The quantitative estimate of drug-likeness (QED) is 0.898. The zero-order valence-corrected chi connectivity index (χ0v) is 15.2. The highest BCUT2D eigenvalue weighted by Gasteiger charge is 2.28. The molecule has 0 bridgehead atoms. The molecular weight excluding hydrogens is 328 g/mol. The predicted molar refractivity (Wildman–Crippen MR) is 101 cm³/mol. The van der Waals surface area contributed by atoms with Crippen LogP contribution in [-0.2, 0) is 0 Å². The summed E-state index contributed by atoms with van der Waals surface area (Å²) in [5, 5.41) is 9.49. The number of rotatable bonds is 5. The van der Waals surface area contributed by atoms with Crippen LogP contribution in [0.3, 0.4) is 0 Å². The molecule has 26 heavy (non-hydrogen) atoms. The van der Waals surface area contributed by atoms with Gasteiger partial charge in [-0.25, -0.2) is 4.79 Å². The summed E-state index contributed by atoms with van der Waals surface area (Å²) in [6.45, 7) is 2.45. The Bertz CT molecular complexity index is 816. The first-order valence-electron chi connectivity index (χ1n) is 8.83. The fourth-order valence-corrected chi connectivity index (χ4v) is 3.66. The lowest BCUT2D eigenvalue weighted by Gasteiger charge is -2.20. The summed E-state index contributed by atoms with van der Waals surface area (Å²) < 4.78 is 0. The Balaban J connectivity index is 1.91. The van der Waals surface area contributed by atoms with Crippen molar-refractivity contribution in [2.75, 3.05) is 33.7 Å². The summed E-state index contributed by atoms with van der Waals surface area (Å²) in [5.41, 5.74) is 2.02. The number of hydrogen-bond acceptors (Lipinski definition) is 3. The van der Waals surface area contributed by atoms with Crippen LogP contribution in [0.2, 0.25) is 0 Å². The highest BCUT2D eigenvalue weighted by Crippen LogP contribution is 2.29. The van der Waals surface area contributed by atoms with Crippen molar-refractivity contribution >= 4 is 11.9 Å². The summed E-state index contributed by atoms with van der Waals surface area (Å²) in [6, 6.07) is 14.1. The van der Waals surface area contributed by atoms with E-state index in [0.717, 1.165) is 26.1 Å². The maximum Gasteiger partial charge on any atom is 0.336 e. The molecule has 1 aliphatic rings. The summed E-state index contributed by atoms with van der Waals surface area (Å²) >= 11 is 0. The monoisotopic (exact) mass is 352 g/mol. The van der Waals surface area contributed by atoms with E-state index in [9.17, 15) is 14.7 Å². The largest absolute Gasteiger partial charge is 0.478 e. The maximum absolute atomic E-state index is 13.1. The molecule has 0 spiro atoms. The first-order valence-corrected chi connectivity index (χ1v) is 8.83. The molecule has 1 saturated heterocycles. The van der Waals surface area contributed by atoms with Crippen molar-refractivity contribution < 1.29 is 14.7 Å². The molecule has 0 aromatic heterocycles. The van der Waals surface area contributed by atoms with E-state index >= 15 is 0 Å². The van der Waals surface area contributed by atoms with Crippen molar-refractivity contribution in [3.8, 4) is 11.1 Å². The van der Waals surface area contributed by atoms with E-state index in [4.69, 9.17) is 0 Å². The molecule has 3 rings (SSSR count). The third-order valence-electron chi connectivity index (χ3n) is 4.80. The van der Waals surface area contributed by atoms with Crippen LogP contribution in [0.25, 0.3) is 11.1 Å². The number of carbonyl (C=O) groups is 2. The molecule has 0 aliphatic carbocycles. The van der Waals surface area contributed by atoms with Crippen molar-refractivity contribution in [1.29, 1.82) is 0 Å². The lowest BCUT2D eigenvalue weighted by molar-refractivity contribution is 0.0696. The molecule has 1 atom stereocenters. The van der Waals surface area contributed by atoms with E-state index in [-0.39, 0.29) is 11.5 Å². The van der Waals surface area contributed by atoms with E-state index in [2.05, 4.69) is 4.90 Å². The Morgan fingerprint density at radius 2 is 1.62 bits per heavy atom. The Morgan fingerprint density at radius 3 is 2.23 bits per heavy atom. The average Bonchev–Trinajstić information content (AvgIpc) is 3.08. The summed E-state index contributed by atoms with van der Waals surface area (Å²) in [4.78, 5) is 28.7. The van der Waals surface area contributed by atoms with E-state index in [1.807, 2.05) is 37.2 Å². The maximum atomic E-state index is 13.1. The van der Waals surface area contributed by atoms with Gasteiger partial charge in [-0.2, -0.15) is 0 Å². The Hall–Kier alpha value is -2.66. The molecule has 1 N–H and O–H groups in total. The number of carboxylic acid groups (broad SMARTS) is 1.